The van der Waals surface area contributed by atoms with Crippen LogP contribution in [0.5, 0.6) is 23.0 Å². The summed E-state index contributed by atoms with van der Waals surface area (Å²) < 4.78 is 5.14. The van der Waals surface area contributed by atoms with E-state index < -0.39 is 12.2 Å². The summed E-state index contributed by atoms with van der Waals surface area (Å²) in [4.78, 5) is 10.5. The smallest absolute Gasteiger partial charge is 0.211 e. The van der Waals surface area contributed by atoms with Gasteiger partial charge in [0.15, 0.2) is 11.5 Å². The van der Waals surface area contributed by atoms with Crippen LogP contribution in [0.2, 0.25) is 0 Å². The number of aliphatic hydroxyl groups excluding tert-OH is 2. The number of phenols is 3. The molecule has 8 N–H and O–H groups in total. The Morgan fingerprint density at radius 1 is 0.842 bits per heavy atom. The molecule has 10 heteroatoms. The van der Waals surface area contributed by atoms with Crippen LogP contribution < -0.4 is 20.7 Å². The molecule has 0 spiro atoms. The summed E-state index contributed by atoms with van der Waals surface area (Å²) in [6.07, 6.45) is -0.104. The van der Waals surface area contributed by atoms with Gasteiger partial charge in [-0.1, -0.05) is 24.3 Å². The van der Waals surface area contributed by atoms with Crippen molar-refractivity contribution >= 4 is 12.1 Å². The second-order valence-corrected chi connectivity index (χ2v) is 8.74. The van der Waals surface area contributed by atoms with E-state index in [1.54, 1.807) is 32.4 Å². The highest BCUT2D eigenvalue weighted by Crippen LogP contribution is 2.28. The van der Waals surface area contributed by atoms with Crippen molar-refractivity contribution in [1.29, 1.82) is 0 Å². The molecule has 3 atom stereocenters. The summed E-state index contributed by atoms with van der Waals surface area (Å²) in [5.74, 6) is 0.392. The molecule has 10 nitrogen and oxygen atoms in total. The van der Waals surface area contributed by atoms with Crippen molar-refractivity contribution in [1.82, 2.24) is 10.6 Å². The number of nitrogens with one attached hydrogen (secondary N) is 3. The SMILES string of the molecule is CNC[C@H](O)c1ccc(O)c(O)c1.COc1ccc(C[C@@H](C)NC[C@H](O)c2ccc(O)c(NC=O)c2)cc1. The van der Waals surface area contributed by atoms with E-state index in [4.69, 9.17) is 14.9 Å². The van der Waals surface area contributed by atoms with E-state index in [2.05, 4.69) is 16.0 Å². The molecule has 0 unspecified atom stereocenters. The molecule has 1 amide bonds. The van der Waals surface area contributed by atoms with Crippen LogP contribution in [0.25, 0.3) is 0 Å². The van der Waals surface area contributed by atoms with Crippen LogP contribution in [0.15, 0.2) is 60.7 Å². The quantitative estimate of drug-likeness (QED) is 0.131. The predicted molar refractivity (Wildman–Crippen MR) is 146 cm³/mol. The number of hydrogen-bond acceptors (Lipinski definition) is 9. The number of methoxy groups -OCH3 is 1. The van der Waals surface area contributed by atoms with E-state index >= 15 is 0 Å². The van der Waals surface area contributed by atoms with Gasteiger partial charge in [-0.25, -0.2) is 0 Å². The predicted octanol–water partition coefficient (Wildman–Crippen LogP) is 2.57. The molecule has 0 saturated carbocycles. The minimum atomic E-state index is -0.744. The molecule has 0 aliphatic heterocycles. The number of phenolic OH excluding ortho intramolecular Hbond substituents is 3. The second kappa shape index (κ2) is 15.4. The van der Waals surface area contributed by atoms with E-state index in [0.29, 0.717) is 30.6 Å². The maximum absolute atomic E-state index is 10.5. The molecule has 3 rings (SSSR count). The highest BCUT2D eigenvalue weighted by atomic mass is 16.5. The number of ether oxygens (including phenoxy) is 1. The first-order chi connectivity index (χ1) is 18.2. The minimum Gasteiger partial charge on any atom is -0.506 e. The fraction of sp³-hybridized carbons (Fsp3) is 0.321. The normalized spacial score (nSPS) is 13.0. The van der Waals surface area contributed by atoms with Crippen molar-refractivity contribution in [3.05, 3.63) is 77.4 Å². The number of hydrogen-bond donors (Lipinski definition) is 8. The molecule has 0 bridgehead atoms. The average Bonchev–Trinajstić information content (AvgIpc) is 2.91. The van der Waals surface area contributed by atoms with Crippen molar-refractivity contribution in [2.75, 3.05) is 32.6 Å². The first-order valence-electron chi connectivity index (χ1n) is 12.1. The van der Waals surface area contributed by atoms with Gasteiger partial charge in [-0.3, -0.25) is 4.79 Å². The topological polar surface area (TPSA) is 164 Å². The van der Waals surface area contributed by atoms with Crippen LogP contribution in [-0.2, 0) is 11.2 Å². The molecule has 0 aromatic heterocycles. The minimum absolute atomic E-state index is 0.0381. The molecule has 0 aliphatic carbocycles. The van der Waals surface area contributed by atoms with Gasteiger partial charge in [0.2, 0.25) is 6.41 Å². The molecule has 0 heterocycles. The fourth-order valence-corrected chi connectivity index (χ4v) is 3.62. The van der Waals surface area contributed by atoms with Gasteiger partial charge in [0.25, 0.3) is 0 Å². The Balaban J connectivity index is 0.000000328. The lowest BCUT2D eigenvalue weighted by molar-refractivity contribution is -0.105. The van der Waals surface area contributed by atoms with Crippen LogP contribution in [-0.4, -0.2) is 65.2 Å². The van der Waals surface area contributed by atoms with Crippen molar-refractivity contribution in [2.45, 2.75) is 31.6 Å². The Kier molecular flexibility index (Phi) is 12.3. The Hall–Kier alpha value is -3.83. The maximum Gasteiger partial charge on any atom is 0.211 e. The zero-order valence-corrected chi connectivity index (χ0v) is 21.8. The van der Waals surface area contributed by atoms with Crippen LogP contribution in [0.4, 0.5) is 5.69 Å². The van der Waals surface area contributed by atoms with Gasteiger partial charge in [0.05, 0.1) is 25.0 Å². The number of carbonyl (C=O) groups is 1. The van der Waals surface area contributed by atoms with E-state index in [9.17, 15) is 20.1 Å². The molecule has 0 radical (unpaired) electrons. The van der Waals surface area contributed by atoms with Crippen LogP contribution in [0.3, 0.4) is 0 Å². The van der Waals surface area contributed by atoms with Gasteiger partial charge >= 0.3 is 0 Å². The fourth-order valence-electron chi connectivity index (χ4n) is 3.62. The zero-order valence-electron chi connectivity index (χ0n) is 21.8. The Bertz CT molecular complexity index is 1140. The second-order valence-electron chi connectivity index (χ2n) is 8.74. The Labute approximate surface area is 222 Å². The standard InChI is InChI=1S/C19H24N2O4.C9H13NO3/c1-13(9-14-3-6-16(25-2)7-4-14)20-11-19(24)15-5-8-18(23)17(10-15)21-12-22;1-10-5-9(13)6-2-3-7(11)8(12)4-6/h3-8,10,12-13,19-20,23-24H,9,11H2,1-2H3,(H,21,22);2-4,9-13H,5H2,1H3/t13-,19+;9-/m10/s1. The Morgan fingerprint density at radius 3 is 2.03 bits per heavy atom. The number of aromatic hydroxyl groups is 3. The third-order valence-corrected chi connectivity index (χ3v) is 5.76. The number of rotatable bonds is 12. The largest absolute Gasteiger partial charge is 0.506 e. The molecular weight excluding hydrogens is 490 g/mol. The van der Waals surface area contributed by atoms with Gasteiger partial charge in [-0.05, 0) is 73.5 Å². The van der Waals surface area contributed by atoms with Crippen LogP contribution in [0.1, 0.15) is 35.8 Å². The highest BCUT2D eigenvalue weighted by molar-refractivity contribution is 5.75. The molecule has 0 aliphatic rings. The van der Waals surface area contributed by atoms with Crippen LogP contribution >= 0.6 is 0 Å². The van der Waals surface area contributed by atoms with Crippen LogP contribution in [0, 0.1) is 0 Å². The summed E-state index contributed by atoms with van der Waals surface area (Å²) in [5, 5.41) is 56.1. The monoisotopic (exact) mass is 527 g/mol. The summed E-state index contributed by atoms with van der Waals surface area (Å²) in [6, 6.07) is 17.0. The van der Waals surface area contributed by atoms with Gasteiger partial charge in [0, 0.05) is 19.1 Å². The summed E-state index contributed by atoms with van der Waals surface area (Å²) in [6.45, 7) is 2.82. The van der Waals surface area contributed by atoms with Crippen molar-refractivity contribution in [3.8, 4) is 23.0 Å². The highest BCUT2D eigenvalue weighted by Gasteiger charge is 2.12. The summed E-state index contributed by atoms with van der Waals surface area (Å²) in [5.41, 5.74) is 2.64. The number of benzene rings is 3. The number of likely N-dealkylation sites (N-methyl/N-ethyl adjacent to an activating group) is 1. The Morgan fingerprint density at radius 2 is 1.45 bits per heavy atom. The molecule has 3 aromatic carbocycles. The van der Waals surface area contributed by atoms with Gasteiger partial charge in [0.1, 0.15) is 11.5 Å². The van der Waals surface area contributed by atoms with E-state index in [1.807, 2.05) is 31.2 Å². The van der Waals surface area contributed by atoms with Gasteiger partial charge < -0.3 is 46.2 Å². The molecule has 38 heavy (non-hydrogen) atoms. The molecule has 3 aromatic rings. The number of amides is 1. The number of carbonyl (C=O) groups excluding carboxylic acids is 1. The van der Waals surface area contributed by atoms with Crippen molar-refractivity contribution < 1.29 is 35.1 Å². The van der Waals surface area contributed by atoms with Gasteiger partial charge in [-0.15, -0.1) is 0 Å². The number of anilines is 1. The summed E-state index contributed by atoms with van der Waals surface area (Å²) >= 11 is 0. The first kappa shape index (κ1) is 30.4. The molecule has 206 valence electrons. The molecule has 0 saturated heterocycles. The first-order valence-corrected chi connectivity index (χ1v) is 12.1. The maximum atomic E-state index is 10.5. The van der Waals surface area contributed by atoms with E-state index in [0.717, 1.165) is 12.2 Å². The van der Waals surface area contributed by atoms with E-state index in [1.165, 1.54) is 23.8 Å². The van der Waals surface area contributed by atoms with Crippen molar-refractivity contribution in [2.24, 2.45) is 0 Å². The van der Waals surface area contributed by atoms with E-state index in [-0.39, 0.29) is 29.0 Å². The number of aliphatic hydroxyl groups is 2. The molecular formula is C28H37N3O7. The van der Waals surface area contributed by atoms with Gasteiger partial charge in [-0.2, -0.15) is 0 Å². The summed E-state index contributed by atoms with van der Waals surface area (Å²) in [7, 11) is 3.36. The average molecular weight is 528 g/mol. The lowest BCUT2D eigenvalue weighted by atomic mass is 10.1. The lowest BCUT2D eigenvalue weighted by Crippen LogP contribution is -2.32. The zero-order chi connectivity index (χ0) is 28.1. The lowest BCUT2D eigenvalue weighted by Gasteiger charge is -2.18. The van der Waals surface area contributed by atoms with Crippen molar-refractivity contribution in [3.63, 3.8) is 0 Å². The third kappa shape index (κ3) is 9.56. The third-order valence-electron chi connectivity index (χ3n) is 5.76. The molecule has 0 fully saturated rings.